The molecule has 1 N–H and O–H groups in total. The third kappa shape index (κ3) is 1.39. The summed E-state index contributed by atoms with van der Waals surface area (Å²) < 4.78 is 24.3. The van der Waals surface area contributed by atoms with E-state index in [0.717, 1.165) is 6.42 Å². The number of carbonyl (C=O) groups is 1. The van der Waals surface area contributed by atoms with E-state index in [1.165, 1.54) is 12.1 Å². The van der Waals surface area contributed by atoms with Crippen LogP contribution in [0.2, 0.25) is 0 Å². The molecule has 0 unspecified atom stereocenters. The van der Waals surface area contributed by atoms with E-state index in [1.807, 2.05) is 0 Å². The van der Waals surface area contributed by atoms with E-state index in [-0.39, 0.29) is 18.1 Å². The summed E-state index contributed by atoms with van der Waals surface area (Å²) in [6, 6.07) is 2.77. The van der Waals surface area contributed by atoms with Crippen molar-refractivity contribution < 1.29 is 23.8 Å². The summed E-state index contributed by atoms with van der Waals surface area (Å²) in [4.78, 5) is 11.5. The van der Waals surface area contributed by atoms with E-state index in [1.54, 1.807) is 0 Å². The predicted octanol–water partition coefficient (Wildman–Crippen LogP) is 2.10. The maximum absolute atomic E-state index is 13.6. The van der Waals surface area contributed by atoms with Crippen molar-refractivity contribution in [1.29, 1.82) is 0 Å². The second-order valence-electron chi connectivity index (χ2n) is 4.69. The average Bonchev–Trinajstić information content (AvgIpc) is 2.30. The summed E-state index contributed by atoms with van der Waals surface area (Å²) in [5.74, 6) is -1.07. The van der Waals surface area contributed by atoms with Crippen LogP contribution in [-0.2, 0) is 10.2 Å². The molecule has 18 heavy (non-hydrogen) atoms. The third-order valence-electron chi connectivity index (χ3n) is 3.77. The van der Waals surface area contributed by atoms with Crippen molar-refractivity contribution in [2.75, 3.05) is 13.2 Å². The van der Waals surface area contributed by atoms with Gasteiger partial charge in [-0.3, -0.25) is 4.79 Å². The zero-order valence-electron chi connectivity index (χ0n) is 9.74. The number of halogens is 1. The van der Waals surface area contributed by atoms with Gasteiger partial charge in [-0.05, 0) is 18.9 Å². The van der Waals surface area contributed by atoms with Gasteiger partial charge in [0.05, 0.1) is 5.41 Å². The highest BCUT2D eigenvalue weighted by atomic mass is 19.1. The Labute approximate surface area is 103 Å². The van der Waals surface area contributed by atoms with Crippen molar-refractivity contribution in [3.05, 3.63) is 23.5 Å². The van der Waals surface area contributed by atoms with E-state index in [2.05, 4.69) is 0 Å². The van der Waals surface area contributed by atoms with Gasteiger partial charge in [-0.1, -0.05) is 12.5 Å². The molecule has 3 rings (SSSR count). The number of benzene rings is 1. The summed E-state index contributed by atoms with van der Waals surface area (Å²) in [6.07, 6.45) is 1.98. The van der Waals surface area contributed by atoms with Crippen molar-refractivity contribution in [2.45, 2.75) is 24.7 Å². The maximum atomic E-state index is 13.6. The summed E-state index contributed by atoms with van der Waals surface area (Å²) >= 11 is 0. The number of aliphatic carboxylic acids is 1. The van der Waals surface area contributed by atoms with Gasteiger partial charge < -0.3 is 14.6 Å². The lowest BCUT2D eigenvalue weighted by Gasteiger charge is -2.39. The van der Waals surface area contributed by atoms with Gasteiger partial charge in [0.25, 0.3) is 0 Å². The molecule has 96 valence electrons. The van der Waals surface area contributed by atoms with Crippen molar-refractivity contribution in [2.24, 2.45) is 0 Å². The van der Waals surface area contributed by atoms with Crippen molar-refractivity contribution >= 4 is 5.97 Å². The summed E-state index contributed by atoms with van der Waals surface area (Å²) in [5.41, 5.74) is -0.393. The lowest BCUT2D eigenvalue weighted by atomic mass is 9.64. The molecule has 1 heterocycles. The number of fused-ring (bicyclic) bond motifs is 1. The van der Waals surface area contributed by atoms with E-state index in [9.17, 15) is 14.3 Å². The van der Waals surface area contributed by atoms with Gasteiger partial charge in [-0.15, -0.1) is 0 Å². The summed E-state index contributed by atoms with van der Waals surface area (Å²) in [6.45, 7) is 0.604. The quantitative estimate of drug-likeness (QED) is 0.875. The molecular formula is C13H13FO4. The minimum absolute atomic E-state index is 0.0475. The fourth-order valence-electron chi connectivity index (χ4n) is 2.61. The van der Waals surface area contributed by atoms with Gasteiger partial charge in [-0.25, -0.2) is 4.39 Å². The zero-order chi connectivity index (χ0) is 12.8. The molecule has 5 heteroatoms. The smallest absolute Gasteiger partial charge is 0.314 e. The van der Waals surface area contributed by atoms with Gasteiger partial charge in [0.1, 0.15) is 13.2 Å². The predicted molar refractivity (Wildman–Crippen MR) is 60.6 cm³/mol. The highest BCUT2D eigenvalue weighted by Crippen LogP contribution is 2.50. The highest BCUT2D eigenvalue weighted by molar-refractivity contribution is 5.84. The third-order valence-corrected chi connectivity index (χ3v) is 3.77. The molecule has 1 saturated carbocycles. The van der Waals surface area contributed by atoms with Crippen molar-refractivity contribution in [3.8, 4) is 11.5 Å². The van der Waals surface area contributed by atoms with Crippen molar-refractivity contribution in [1.82, 2.24) is 0 Å². The monoisotopic (exact) mass is 252 g/mol. The summed E-state index contributed by atoms with van der Waals surface area (Å²) in [5, 5.41) is 9.42. The first-order valence-corrected chi connectivity index (χ1v) is 5.97. The summed E-state index contributed by atoms with van der Waals surface area (Å²) in [7, 11) is 0. The van der Waals surface area contributed by atoms with Gasteiger partial charge >= 0.3 is 5.97 Å². The van der Waals surface area contributed by atoms with Crippen LogP contribution in [0.15, 0.2) is 12.1 Å². The van der Waals surface area contributed by atoms with Crippen molar-refractivity contribution in [3.63, 3.8) is 0 Å². The lowest BCUT2D eigenvalue weighted by molar-refractivity contribution is -0.147. The fourth-order valence-corrected chi connectivity index (χ4v) is 2.61. The molecule has 1 aliphatic carbocycles. The molecular weight excluding hydrogens is 239 g/mol. The molecule has 0 radical (unpaired) electrons. The Morgan fingerprint density at radius 3 is 2.44 bits per heavy atom. The molecule has 0 bridgehead atoms. The number of hydrogen-bond acceptors (Lipinski definition) is 3. The fraction of sp³-hybridized carbons (Fsp3) is 0.462. The Morgan fingerprint density at radius 2 is 1.89 bits per heavy atom. The first kappa shape index (κ1) is 11.3. The average molecular weight is 252 g/mol. The van der Waals surface area contributed by atoms with Gasteiger partial charge in [-0.2, -0.15) is 0 Å². The Bertz CT molecular complexity index is 508. The molecule has 2 aliphatic rings. The minimum Gasteiger partial charge on any atom is -0.486 e. The molecule has 0 atom stereocenters. The van der Waals surface area contributed by atoms with Crippen LogP contribution in [0.25, 0.3) is 0 Å². The number of carboxylic acids is 1. The number of rotatable bonds is 2. The van der Waals surface area contributed by atoms with E-state index < -0.39 is 17.2 Å². The van der Waals surface area contributed by atoms with E-state index in [0.29, 0.717) is 25.0 Å². The number of hydrogen-bond donors (Lipinski definition) is 1. The molecule has 0 saturated heterocycles. The number of ether oxygens (including phenoxy) is 2. The first-order chi connectivity index (χ1) is 8.65. The zero-order valence-corrected chi connectivity index (χ0v) is 9.74. The second kappa shape index (κ2) is 3.86. The largest absolute Gasteiger partial charge is 0.486 e. The van der Waals surface area contributed by atoms with Gasteiger partial charge in [0, 0.05) is 5.56 Å². The lowest BCUT2D eigenvalue weighted by Crippen LogP contribution is -2.43. The molecule has 0 spiro atoms. The standard InChI is InChI=1S/C13H13FO4/c14-9-3-2-8(10-11(9)18-7-6-17-10)13(12(15)16)4-1-5-13/h2-3H,1,4-7H2,(H,15,16). The number of carboxylic acid groups (broad SMARTS) is 1. The van der Waals surface area contributed by atoms with Crippen LogP contribution in [0, 0.1) is 5.82 Å². The van der Waals surface area contributed by atoms with Gasteiger partial charge in [0.2, 0.25) is 0 Å². The Balaban J connectivity index is 2.15. The van der Waals surface area contributed by atoms with Crippen LogP contribution in [0.5, 0.6) is 11.5 Å². The van der Waals surface area contributed by atoms with Crippen LogP contribution in [0.3, 0.4) is 0 Å². The Kier molecular flexibility index (Phi) is 2.43. The first-order valence-electron chi connectivity index (χ1n) is 5.97. The minimum atomic E-state index is -0.932. The van der Waals surface area contributed by atoms with Crippen LogP contribution in [0.1, 0.15) is 24.8 Å². The van der Waals surface area contributed by atoms with E-state index >= 15 is 0 Å². The molecule has 1 aromatic rings. The molecule has 0 amide bonds. The Hall–Kier alpha value is -1.78. The van der Waals surface area contributed by atoms with Gasteiger partial charge in [0.15, 0.2) is 17.3 Å². The molecule has 1 aliphatic heterocycles. The molecule has 1 fully saturated rings. The normalized spacial score (nSPS) is 20.1. The highest BCUT2D eigenvalue weighted by Gasteiger charge is 2.48. The Morgan fingerprint density at radius 1 is 1.22 bits per heavy atom. The second-order valence-corrected chi connectivity index (χ2v) is 4.69. The molecule has 1 aromatic carbocycles. The van der Waals surface area contributed by atoms with Crippen LogP contribution >= 0.6 is 0 Å². The molecule has 0 aromatic heterocycles. The van der Waals surface area contributed by atoms with E-state index in [4.69, 9.17) is 9.47 Å². The maximum Gasteiger partial charge on any atom is 0.314 e. The topological polar surface area (TPSA) is 55.8 Å². The van der Waals surface area contributed by atoms with Crippen LogP contribution < -0.4 is 9.47 Å². The van der Waals surface area contributed by atoms with Crippen LogP contribution in [0.4, 0.5) is 4.39 Å². The van der Waals surface area contributed by atoms with Crippen LogP contribution in [-0.4, -0.2) is 24.3 Å². The SMILES string of the molecule is O=C(O)C1(c2ccc(F)c3c2OCCO3)CCC1. The molecule has 4 nitrogen and oxygen atoms in total.